The first-order chi connectivity index (χ1) is 15.2. The number of piperazine rings is 1. The van der Waals surface area contributed by atoms with Crippen LogP contribution in [0.4, 0.5) is 5.82 Å². The highest BCUT2D eigenvalue weighted by Gasteiger charge is 2.29. The Morgan fingerprint density at radius 1 is 1.16 bits per heavy atom. The molecule has 0 N–H and O–H groups in total. The number of anilines is 1. The van der Waals surface area contributed by atoms with Gasteiger partial charge in [0.2, 0.25) is 10.0 Å². The van der Waals surface area contributed by atoms with Crippen LogP contribution in [0.3, 0.4) is 0 Å². The van der Waals surface area contributed by atoms with Gasteiger partial charge in [0.25, 0.3) is 0 Å². The van der Waals surface area contributed by atoms with Crippen LogP contribution in [-0.2, 0) is 27.8 Å². The van der Waals surface area contributed by atoms with E-state index < -0.39 is 10.0 Å². The third kappa shape index (κ3) is 5.98. The fraction of sp³-hybridized carbons (Fsp3) is 0.565. The second kappa shape index (κ2) is 10.9. The molecule has 9 heteroatoms. The molecule has 0 aliphatic carbocycles. The van der Waals surface area contributed by atoms with E-state index in [9.17, 15) is 8.42 Å². The summed E-state index contributed by atoms with van der Waals surface area (Å²) >= 11 is 6.22. The maximum absolute atomic E-state index is 12.5. The van der Waals surface area contributed by atoms with Crippen LogP contribution in [0.2, 0.25) is 5.02 Å². The van der Waals surface area contributed by atoms with Gasteiger partial charge in [0.1, 0.15) is 11.6 Å². The minimum Gasteiger partial charge on any atom is -0.378 e. The van der Waals surface area contributed by atoms with Gasteiger partial charge in [0.15, 0.2) is 0 Å². The molecule has 0 spiro atoms. The maximum atomic E-state index is 12.5. The first-order valence-corrected chi connectivity index (χ1v) is 13.1. The fourth-order valence-corrected chi connectivity index (χ4v) is 5.62. The molecular weight excluding hydrogens is 448 g/mol. The highest BCUT2D eigenvalue weighted by molar-refractivity contribution is 7.89. The third-order valence-corrected chi connectivity index (χ3v) is 7.86. The Kier molecular flexibility index (Phi) is 8.49. The van der Waals surface area contributed by atoms with Gasteiger partial charge in [-0.3, -0.25) is 0 Å². The smallest absolute Gasteiger partial charge is 0.214 e. The number of rotatable bonds is 9. The van der Waals surface area contributed by atoms with Crippen molar-refractivity contribution >= 4 is 27.4 Å². The molecule has 2 heterocycles. The van der Waals surface area contributed by atoms with Crippen molar-refractivity contribution in [3.63, 3.8) is 0 Å². The molecular formula is C23H33ClN4O3S. The minimum absolute atomic E-state index is 0.163. The normalized spacial score (nSPS) is 15.5. The van der Waals surface area contributed by atoms with Crippen molar-refractivity contribution in [1.29, 1.82) is 0 Å². The van der Waals surface area contributed by atoms with Gasteiger partial charge in [-0.2, -0.15) is 4.31 Å². The Balaban J connectivity index is 1.97. The molecule has 1 fully saturated rings. The highest BCUT2D eigenvalue weighted by Crippen LogP contribution is 2.29. The number of aromatic nitrogens is 2. The molecule has 1 saturated heterocycles. The minimum atomic E-state index is -3.20. The van der Waals surface area contributed by atoms with E-state index in [0.717, 1.165) is 28.5 Å². The van der Waals surface area contributed by atoms with Crippen molar-refractivity contribution in [2.24, 2.45) is 0 Å². The molecule has 1 aliphatic rings. The number of hydrogen-bond acceptors (Lipinski definition) is 6. The number of hydrogen-bond donors (Lipinski definition) is 0. The van der Waals surface area contributed by atoms with Crippen molar-refractivity contribution in [3.8, 4) is 0 Å². The van der Waals surface area contributed by atoms with Crippen molar-refractivity contribution in [2.45, 2.75) is 46.1 Å². The predicted octanol–water partition coefficient (Wildman–Crippen LogP) is 3.85. The molecule has 1 aromatic carbocycles. The SMILES string of the molecule is CCCS(=O)(=O)N1CCN(c2nc(C(C)C)nc(COC)c2Cc2cccc(Cl)c2)CC1. The van der Waals surface area contributed by atoms with Crippen molar-refractivity contribution in [1.82, 2.24) is 14.3 Å². The topological polar surface area (TPSA) is 75.6 Å². The lowest BCUT2D eigenvalue weighted by atomic mass is 10.0. The summed E-state index contributed by atoms with van der Waals surface area (Å²) in [6.07, 6.45) is 1.25. The first kappa shape index (κ1) is 24.9. The molecule has 7 nitrogen and oxygen atoms in total. The average Bonchev–Trinajstić information content (AvgIpc) is 2.75. The van der Waals surface area contributed by atoms with Crippen molar-refractivity contribution in [3.05, 3.63) is 51.9 Å². The van der Waals surface area contributed by atoms with E-state index in [1.165, 1.54) is 0 Å². The van der Waals surface area contributed by atoms with Gasteiger partial charge in [-0.25, -0.2) is 18.4 Å². The zero-order valence-electron chi connectivity index (χ0n) is 19.3. The number of sulfonamides is 1. The van der Waals surface area contributed by atoms with Crippen LogP contribution in [0.15, 0.2) is 24.3 Å². The van der Waals surface area contributed by atoms with Crippen LogP contribution in [0, 0.1) is 0 Å². The summed E-state index contributed by atoms with van der Waals surface area (Å²) in [5.74, 6) is 1.98. The molecule has 0 atom stereocenters. The second-order valence-electron chi connectivity index (χ2n) is 8.43. The van der Waals surface area contributed by atoms with Gasteiger partial charge in [-0.1, -0.05) is 44.5 Å². The van der Waals surface area contributed by atoms with E-state index in [2.05, 4.69) is 18.7 Å². The number of benzene rings is 1. The van der Waals surface area contributed by atoms with Crippen LogP contribution in [-0.4, -0.2) is 61.7 Å². The van der Waals surface area contributed by atoms with Gasteiger partial charge >= 0.3 is 0 Å². The Bertz CT molecular complexity index is 1020. The second-order valence-corrected chi connectivity index (χ2v) is 11.0. The van der Waals surface area contributed by atoms with Crippen LogP contribution in [0.5, 0.6) is 0 Å². The third-order valence-electron chi connectivity index (χ3n) is 5.55. The summed E-state index contributed by atoms with van der Waals surface area (Å²) in [4.78, 5) is 11.9. The zero-order valence-corrected chi connectivity index (χ0v) is 20.9. The number of ether oxygens (including phenoxy) is 1. The van der Waals surface area contributed by atoms with Crippen molar-refractivity contribution in [2.75, 3.05) is 43.9 Å². The maximum Gasteiger partial charge on any atom is 0.214 e. The zero-order chi connectivity index (χ0) is 23.3. The monoisotopic (exact) mass is 480 g/mol. The van der Waals surface area contributed by atoms with E-state index in [-0.39, 0.29) is 11.7 Å². The number of methoxy groups -OCH3 is 1. The van der Waals surface area contributed by atoms with Crippen molar-refractivity contribution < 1.29 is 13.2 Å². The first-order valence-electron chi connectivity index (χ1n) is 11.1. The molecule has 2 aromatic rings. The van der Waals surface area contributed by atoms with Gasteiger partial charge in [-0.05, 0) is 24.1 Å². The Morgan fingerprint density at radius 3 is 2.47 bits per heavy atom. The summed E-state index contributed by atoms with van der Waals surface area (Å²) in [5, 5.41) is 0.687. The Morgan fingerprint density at radius 2 is 1.88 bits per heavy atom. The fourth-order valence-electron chi connectivity index (χ4n) is 3.91. The Labute approximate surface area is 196 Å². The average molecular weight is 481 g/mol. The molecule has 1 aliphatic heterocycles. The van der Waals surface area contributed by atoms with Crippen LogP contribution in [0.25, 0.3) is 0 Å². The van der Waals surface area contributed by atoms with Gasteiger partial charge in [0.05, 0.1) is 18.1 Å². The summed E-state index contributed by atoms with van der Waals surface area (Å²) in [6.45, 7) is 8.51. The lowest BCUT2D eigenvalue weighted by Gasteiger charge is -2.36. The molecule has 0 unspecified atom stereocenters. The van der Waals surface area contributed by atoms with Gasteiger partial charge in [-0.15, -0.1) is 0 Å². The standard InChI is InChI=1S/C23H33ClN4O3S/c1-5-13-32(29,30)28-11-9-27(10-12-28)23-20(15-18-7-6-8-19(24)14-18)21(16-31-4)25-22(26-23)17(2)3/h6-8,14,17H,5,9-13,15-16H2,1-4H3. The van der Waals surface area contributed by atoms with E-state index in [0.29, 0.717) is 50.7 Å². The van der Waals surface area contributed by atoms with Crippen LogP contribution in [0.1, 0.15) is 55.8 Å². The number of nitrogens with zero attached hydrogens (tertiary/aromatic N) is 4. The molecule has 0 saturated carbocycles. The largest absolute Gasteiger partial charge is 0.378 e. The van der Waals surface area contributed by atoms with Gasteiger partial charge < -0.3 is 9.64 Å². The molecule has 3 rings (SSSR count). The van der Waals surface area contributed by atoms with Gasteiger partial charge in [0, 0.05) is 56.2 Å². The molecule has 176 valence electrons. The molecule has 0 amide bonds. The summed E-state index contributed by atoms with van der Waals surface area (Å²) in [7, 11) is -1.54. The summed E-state index contributed by atoms with van der Waals surface area (Å²) < 4.78 is 32.1. The quantitative estimate of drug-likeness (QED) is 0.542. The Hall–Kier alpha value is -1.74. The van der Waals surface area contributed by atoms with E-state index in [1.807, 2.05) is 31.2 Å². The lowest BCUT2D eigenvalue weighted by molar-refractivity contribution is 0.180. The van der Waals surface area contributed by atoms with Crippen LogP contribution >= 0.6 is 11.6 Å². The van der Waals surface area contributed by atoms with Crippen LogP contribution < -0.4 is 4.90 Å². The lowest BCUT2D eigenvalue weighted by Crippen LogP contribution is -2.50. The molecule has 32 heavy (non-hydrogen) atoms. The summed E-state index contributed by atoms with van der Waals surface area (Å²) in [6, 6.07) is 7.79. The van der Waals surface area contributed by atoms with E-state index >= 15 is 0 Å². The predicted molar refractivity (Wildman–Crippen MR) is 129 cm³/mol. The summed E-state index contributed by atoms with van der Waals surface area (Å²) in [5.41, 5.74) is 2.94. The molecule has 1 aromatic heterocycles. The highest BCUT2D eigenvalue weighted by atomic mass is 35.5. The van der Waals surface area contributed by atoms with E-state index in [1.54, 1.807) is 11.4 Å². The van der Waals surface area contributed by atoms with E-state index in [4.69, 9.17) is 26.3 Å². The number of halogens is 1. The molecule has 0 bridgehead atoms. The molecule has 0 radical (unpaired) electrons.